The minimum absolute atomic E-state index is 0.0853. The molecule has 2 fully saturated rings. The van der Waals surface area contributed by atoms with E-state index in [1.807, 2.05) is 4.90 Å². The first-order valence-corrected chi connectivity index (χ1v) is 6.64. The Morgan fingerprint density at radius 2 is 1.71 bits per heavy atom. The van der Waals surface area contributed by atoms with Crippen molar-refractivity contribution in [3.63, 3.8) is 0 Å². The molecule has 0 aromatic carbocycles. The number of rotatable bonds is 2. The minimum Gasteiger partial charge on any atom is -0.481 e. The van der Waals surface area contributed by atoms with Gasteiger partial charge in [-0.25, -0.2) is 0 Å². The predicted octanol–water partition coefficient (Wildman–Crippen LogP) is 1.89. The highest BCUT2D eigenvalue weighted by Crippen LogP contribution is 2.33. The van der Waals surface area contributed by atoms with Gasteiger partial charge < -0.3 is 10.0 Å². The van der Waals surface area contributed by atoms with E-state index in [1.165, 1.54) is 0 Å². The van der Waals surface area contributed by atoms with Gasteiger partial charge in [-0.15, -0.1) is 0 Å². The van der Waals surface area contributed by atoms with Crippen LogP contribution in [0.3, 0.4) is 0 Å². The van der Waals surface area contributed by atoms with E-state index in [4.69, 9.17) is 0 Å². The predicted molar refractivity (Wildman–Crippen MR) is 63.5 cm³/mol. The maximum atomic E-state index is 12.4. The van der Waals surface area contributed by atoms with E-state index in [0.29, 0.717) is 12.5 Å². The van der Waals surface area contributed by atoms with E-state index in [0.717, 1.165) is 38.6 Å². The zero-order valence-corrected chi connectivity index (χ0v) is 10.4. The topological polar surface area (TPSA) is 57.6 Å². The summed E-state index contributed by atoms with van der Waals surface area (Å²) < 4.78 is 0. The van der Waals surface area contributed by atoms with Crippen LogP contribution in [0.5, 0.6) is 0 Å². The van der Waals surface area contributed by atoms with Gasteiger partial charge >= 0.3 is 5.97 Å². The van der Waals surface area contributed by atoms with Gasteiger partial charge in [0.15, 0.2) is 0 Å². The lowest BCUT2D eigenvalue weighted by atomic mass is 9.78. The molecular formula is C13H21NO3. The molecule has 2 rings (SSSR count). The van der Waals surface area contributed by atoms with Gasteiger partial charge in [-0.3, -0.25) is 9.59 Å². The van der Waals surface area contributed by atoms with Crippen LogP contribution in [0, 0.1) is 11.8 Å². The van der Waals surface area contributed by atoms with Crippen LogP contribution in [0.15, 0.2) is 0 Å². The first-order valence-electron chi connectivity index (χ1n) is 6.64. The van der Waals surface area contributed by atoms with Crippen LogP contribution in [-0.2, 0) is 9.59 Å². The highest BCUT2D eigenvalue weighted by atomic mass is 16.4. The number of carboxylic acid groups (broad SMARTS) is 1. The van der Waals surface area contributed by atoms with Gasteiger partial charge in [0.25, 0.3) is 0 Å². The number of hydrogen-bond acceptors (Lipinski definition) is 2. The number of likely N-dealkylation sites (tertiary alicyclic amines) is 1. The smallest absolute Gasteiger partial charge is 0.307 e. The van der Waals surface area contributed by atoms with Crippen LogP contribution < -0.4 is 0 Å². The second kappa shape index (κ2) is 5.07. The second-order valence-corrected chi connectivity index (χ2v) is 5.36. The van der Waals surface area contributed by atoms with E-state index in [2.05, 4.69) is 6.92 Å². The van der Waals surface area contributed by atoms with Gasteiger partial charge in [-0.05, 0) is 32.6 Å². The molecule has 1 amide bonds. The molecule has 96 valence electrons. The first kappa shape index (κ1) is 12.4. The summed E-state index contributed by atoms with van der Waals surface area (Å²) in [6.07, 6.45) is 5.44. The van der Waals surface area contributed by atoms with Gasteiger partial charge in [0.2, 0.25) is 5.91 Å². The summed E-state index contributed by atoms with van der Waals surface area (Å²) in [5.74, 6) is -1.44. The van der Waals surface area contributed by atoms with Crippen LogP contribution in [0.1, 0.15) is 45.4 Å². The molecule has 4 nitrogen and oxygen atoms in total. The lowest BCUT2D eigenvalue weighted by Crippen LogP contribution is -2.43. The van der Waals surface area contributed by atoms with Crippen molar-refractivity contribution >= 4 is 11.9 Å². The van der Waals surface area contributed by atoms with Crippen molar-refractivity contribution in [2.24, 2.45) is 11.8 Å². The average Bonchev–Trinajstić information content (AvgIpc) is 2.74. The highest BCUT2D eigenvalue weighted by Gasteiger charge is 2.39. The Morgan fingerprint density at radius 1 is 1.06 bits per heavy atom. The van der Waals surface area contributed by atoms with E-state index in [-0.39, 0.29) is 11.8 Å². The van der Waals surface area contributed by atoms with Crippen LogP contribution in [0.4, 0.5) is 0 Å². The number of hydrogen-bond donors (Lipinski definition) is 1. The van der Waals surface area contributed by atoms with Crippen molar-refractivity contribution in [3.05, 3.63) is 0 Å². The van der Waals surface area contributed by atoms with E-state index in [1.54, 1.807) is 0 Å². The van der Waals surface area contributed by atoms with Crippen molar-refractivity contribution < 1.29 is 14.7 Å². The summed E-state index contributed by atoms with van der Waals surface area (Å²) in [6, 6.07) is 0.291. The summed E-state index contributed by atoms with van der Waals surface area (Å²) >= 11 is 0. The number of carbonyl (C=O) groups excluding carboxylic acids is 1. The Kier molecular flexibility index (Phi) is 3.69. The monoisotopic (exact) mass is 239 g/mol. The van der Waals surface area contributed by atoms with Crippen molar-refractivity contribution in [3.8, 4) is 0 Å². The fourth-order valence-electron chi connectivity index (χ4n) is 3.20. The Balaban J connectivity index is 2.08. The Hall–Kier alpha value is -1.06. The molecule has 0 spiro atoms. The molecule has 17 heavy (non-hydrogen) atoms. The van der Waals surface area contributed by atoms with Crippen LogP contribution in [0.25, 0.3) is 0 Å². The maximum Gasteiger partial charge on any atom is 0.307 e. The standard InChI is InChI=1S/C13H21NO3/c1-9-5-4-8-14(9)12(15)10-6-2-3-7-11(10)13(16)17/h9-11H,2-8H2,1H3,(H,16,17). The third-order valence-electron chi connectivity index (χ3n) is 4.24. The molecule has 1 saturated carbocycles. The Labute approximate surface area is 102 Å². The summed E-state index contributed by atoms with van der Waals surface area (Å²) in [4.78, 5) is 25.5. The zero-order chi connectivity index (χ0) is 12.4. The number of aliphatic carboxylic acids is 1. The fraction of sp³-hybridized carbons (Fsp3) is 0.846. The quantitative estimate of drug-likeness (QED) is 0.800. The molecule has 0 aromatic rings. The molecule has 0 bridgehead atoms. The highest BCUT2D eigenvalue weighted by molar-refractivity contribution is 5.85. The van der Waals surface area contributed by atoms with Crippen molar-refractivity contribution in [2.75, 3.05) is 6.54 Å². The van der Waals surface area contributed by atoms with Crippen molar-refractivity contribution in [1.82, 2.24) is 4.90 Å². The Morgan fingerprint density at radius 3 is 2.24 bits per heavy atom. The second-order valence-electron chi connectivity index (χ2n) is 5.36. The third-order valence-corrected chi connectivity index (χ3v) is 4.24. The van der Waals surface area contributed by atoms with Crippen LogP contribution >= 0.6 is 0 Å². The lowest BCUT2D eigenvalue weighted by Gasteiger charge is -2.32. The molecular weight excluding hydrogens is 218 g/mol. The van der Waals surface area contributed by atoms with Crippen LogP contribution in [0.2, 0.25) is 0 Å². The van der Waals surface area contributed by atoms with Gasteiger partial charge in [0, 0.05) is 12.6 Å². The average molecular weight is 239 g/mol. The molecule has 3 unspecified atom stereocenters. The Bertz CT molecular complexity index is 316. The molecule has 1 saturated heterocycles. The molecule has 1 aliphatic carbocycles. The van der Waals surface area contributed by atoms with Gasteiger partial charge in [0.05, 0.1) is 11.8 Å². The molecule has 3 atom stereocenters. The van der Waals surface area contributed by atoms with Gasteiger partial charge in [-0.1, -0.05) is 12.8 Å². The van der Waals surface area contributed by atoms with Crippen molar-refractivity contribution in [2.45, 2.75) is 51.5 Å². The van der Waals surface area contributed by atoms with Gasteiger partial charge in [0.1, 0.15) is 0 Å². The molecule has 1 heterocycles. The largest absolute Gasteiger partial charge is 0.481 e. The molecule has 0 radical (unpaired) electrons. The van der Waals surface area contributed by atoms with Gasteiger partial charge in [-0.2, -0.15) is 0 Å². The summed E-state index contributed by atoms with van der Waals surface area (Å²) in [5, 5.41) is 9.20. The van der Waals surface area contributed by atoms with E-state index >= 15 is 0 Å². The first-order chi connectivity index (χ1) is 8.11. The molecule has 1 N–H and O–H groups in total. The zero-order valence-electron chi connectivity index (χ0n) is 10.4. The van der Waals surface area contributed by atoms with E-state index in [9.17, 15) is 14.7 Å². The summed E-state index contributed by atoms with van der Waals surface area (Å²) in [6.45, 7) is 2.87. The minimum atomic E-state index is -0.796. The molecule has 0 aromatic heterocycles. The van der Waals surface area contributed by atoms with Crippen LogP contribution in [-0.4, -0.2) is 34.5 Å². The maximum absolute atomic E-state index is 12.4. The number of amides is 1. The lowest BCUT2D eigenvalue weighted by molar-refractivity contribution is -0.152. The number of carboxylic acids is 1. The normalized spacial score (nSPS) is 33.7. The fourth-order valence-corrected chi connectivity index (χ4v) is 3.20. The van der Waals surface area contributed by atoms with Crippen molar-refractivity contribution in [1.29, 1.82) is 0 Å². The summed E-state index contributed by atoms with van der Waals surface area (Å²) in [7, 11) is 0. The number of nitrogens with zero attached hydrogens (tertiary/aromatic N) is 1. The van der Waals surface area contributed by atoms with E-state index < -0.39 is 11.9 Å². The molecule has 4 heteroatoms. The number of carbonyl (C=O) groups is 2. The molecule has 1 aliphatic heterocycles. The summed E-state index contributed by atoms with van der Waals surface area (Å²) in [5.41, 5.74) is 0. The SMILES string of the molecule is CC1CCCN1C(=O)C1CCCCC1C(=O)O. The third kappa shape index (κ3) is 2.45. The molecule has 2 aliphatic rings.